The minimum absolute atomic E-state index is 0.00422. The summed E-state index contributed by atoms with van der Waals surface area (Å²) in [6, 6.07) is -0.417. The van der Waals surface area contributed by atoms with Crippen LogP contribution in [0.25, 0.3) is 0 Å². The van der Waals surface area contributed by atoms with Gasteiger partial charge in [0.25, 0.3) is 0 Å². The van der Waals surface area contributed by atoms with Crippen molar-refractivity contribution >= 4 is 5.97 Å². The first-order chi connectivity index (χ1) is 6.93. The maximum atomic E-state index is 11.4. The predicted molar refractivity (Wildman–Crippen MR) is 54.5 cm³/mol. The number of carbonyl (C=O) groups is 1. The van der Waals surface area contributed by atoms with Gasteiger partial charge in [0.05, 0.1) is 5.69 Å². The van der Waals surface area contributed by atoms with Gasteiger partial charge in [-0.3, -0.25) is 9.36 Å². The van der Waals surface area contributed by atoms with Gasteiger partial charge in [0.1, 0.15) is 0 Å². The summed E-state index contributed by atoms with van der Waals surface area (Å²) in [5, 5.41) is 8.51. The van der Waals surface area contributed by atoms with Crippen molar-refractivity contribution in [2.75, 3.05) is 0 Å². The van der Waals surface area contributed by atoms with Crippen LogP contribution in [0.4, 0.5) is 0 Å². The molecule has 0 saturated carbocycles. The van der Waals surface area contributed by atoms with Crippen molar-refractivity contribution in [3.8, 4) is 0 Å². The van der Waals surface area contributed by atoms with Crippen LogP contribution in [0.3, 0.4) is 0 Å². The van der Waals surface area contributed by atoms with Gasteiger partial charge in [-0.1, -0.05) is 0 Å². The van der Waals surface area contributed by atoms with Crippen molar-refractivity contribution in [3.05, 3.63) is 22.4 Å². The minimum Gasteiger partial charge on any atom is -0.481 e. The molecule has 0 aliphatic heterocycles. The summed E-state index contributed by atoms with van der Waals surface area (Å²) < 4.78 is 2.86. The number of aromatic nitrogens is 2. The summed E-state index contributed by atoms with van der Waals surface area (Å²) in [6.45, 7) is 0. The Hall–Kier alpha value is -1.56. The standard InChI is InChI=1S/C9H15N3O3/c1-11-5-7(12(2)9(11)15)6(10)3-4-8(13)14/h5-6H,3-4,10H2,1-2H3,(H,13,14). The molecule has 84 valence electrons. The molecule has 0 bridgehead atoms. The molecule has 15 heavy (non-hydrogen) atoms. The maximum absolute atomic E-state index is 11.4. The van der Waals surface area contributed by atoms with Crippen molar-refractivity contribution in [2.45, 2.75) is 18.9 Å². The quantitative estimate of drug-likeness (QED) is 0.711. The van der Waals surface area contributed by atoms with Gasteiger partial charge in [-0.2, -0.15) is 0 Å². The van der Waals surface area contributed by atoms with Crippen LogP contribution in [-0.2, 0) is 18.9 Å². The Kier molecular flexibility index (Phi) is 3.31. The van der Waals surface area contributed by atoms with Crippen molar-refractivity contribution in [1.29, 1.82) is 0 Å². The summed E-state index contributed by atoms with van der Waals surface area (Å²) in [7, 11) is 3.26. The normalized spacial score (nSPS) is 12.7. The number of carboxylic acid groups (broad SMARTS) is 1. The maximum Gasteiger partial charge on any atom is 0.327 e. The number of aryl methyl sites for hydroxylation is 1. The molecular weight excluding hydrogens is 198 g/mol. The van der Waals surface area contributed by atoms with Crippen LogP contribution in [0.2, 0.25) is 0 Å². The van der Waals surface area contributed by atoms with Crippen molar-refractivity contribution in [1.82, 2.24) is 9.13 Å². The molecule has 1 aromatic rings. The molecule has 0 fully saturated rings. The minimum atomic E-state index is -0.883. The van der Waals surface area contributed by atoms with Crippen LogP contribution in [0.1, 0.15) is 24.6 Å². The van der Waals surface area contributed by atoms with Crippen molar-refractivity contribution < 1.29 is 9.90 Å². The van der Waals surface area contributed by atoms with E-state index in [-0.39, 0.29) is 12.1 Å². The Bertz CT molecular complexity index is 419. The van der Waals surface area contributed by atoms with Crippen LogP contribution < -0.4 is 11.4 Å². The molecule has 6 nitrogen and oxygen atoms in total. The van der Waals surface area contributed by atoms with E-state index < -0.39 is 12.0 Å². The lowest BCUT2D eigenvalue weighted by Crippen LogP contribution is -2.23. The second-order valence-electron chi connectivity index (χ2n) is 3.55. The molecule has 1 atom stereocenters. The number of rotatable bonds is 4. The molecule has 0 radical (unpaired) electrons. The molecule has 0 aromatic carbocycles. The molecule has 1 heterocycles. The van der Waals surface area contributed by atoms with E-state index in [2.05, 4.69) is 0 Å². The lowest BCUT2D eigenvalue weighted by atomic mass is 10.1. The third-order valence-corrected chi connectivity index (χ3v) is 2.35. The van der Waals surface area contributed by atoms with E-state index in [1.54, 1.807) is 20.3 Å². The van der Waals surface area contributed by atoms with E-state index >= 15 is 0 Å². The zero-order valence-electron chi connectivity index (χ0n) is 8.80. The molecule has 1 rings (SSSR count). The Morgan fingerprint density at radius 1 is 1.60 bits per heavy atom. The molecule has 0 saturated heterocycles. The topological polar surface area (TPSA) is 90.2 Å². The van der Waals surface area contributed by atoms with Gasteiger partial charge < -0.3 is 15.4 Å². The lowest BCUT2D eigenvalue weighted by Gasteiger charge is -2.09. The Balaban J connectivity index is 2.82. The van der Waals surface area contributed by atoms with Gasteiger partial charge in [-0.05, 0) is 6.42 Å². The van der Waals surface area contributed by atoms with E-state index in [1.165, 1.54) is 9.13 Å². The molecule has 0 spiro atoms. The molecule has 1 unspecified atom stereocenters. The van der Waals surface area contributed by atoms with E-state index in [0.29, 0.717) is 12.1 Å². The van der Waals surface area contributed by atoms with E-state index in [4.69, 9.17) is 10.8 Å². The highest BCUT2D eigenvalue weighted by Crippen LogP contribution is 2.13. The van der Waals surface area contributed by atoms with Gasteiger partial charge in [0.15, 0.2) is 0 Å². The molecule has 3 N–H and O–H groups in total. The second kappa shape index (κ2) is 4.31. The summed E-state index contributed by atoms with van der Waals surface area (Å²) in [5.74, 6) is -0.883. The molecule has 0 aliphatic carbocycles. The van der Waals surface area contributed by atoms with Crippen LogP contribution in [-0.4, -0.2) is 20.2 Å². The summed E-state index contributed by atoms with van der Waals surface area (Å²) >= 11 is 0. The highest BCUT2D eigenvalue weighted by molar-refractivity contribution is 5.66. The van der Waals surface area contributed by atoms with Gasteiger partial charge in [-0.25, -0.2) is 4.79 Å². The molecule has 6 heteroatoms. The number of carboxylic acids is 1. The van der Waals surface area contributed by atoms with Crippen LogP contribution in [0.5, 0.6) is 0 Å². The molecular formula is C9H15N3O3. The Morgan fingerprint density at radius 3 is 2.60 bits per heavy atom. The van der Waals surface area contributed by atoms with E-state index in [1.807, 2.05) is 0 Å². The third kappa shape index (κ3) is 2.47. The fraction of sp³-hybridized carbons (Fsp3) is 0.556. The number of nitrogens with zero attached hydrogens (tertiary/aromatic N) is 2. The first kappa shape index (κ1) is 11.5. The SMILES string of the molecule is Cn1cc(C(N)CCC(=O)O)n(C)c1=O. The van der Waals surface area contributed by atoms with Gasteiger partial charge in [0, 0.05) is 32.8 Å². The molecule has 1 aromatic heterocycles. The smallest absolute Gasteiger partial charge is 0.327 e. The first-order valence-electron chi connectivity index (χ1n) is 4.63. The molecule has 0 amide bonds. The fourth-order valence-electron chi connectivity index (χ4n) is 1.46. The Morgan fingerprint density at radius 2 is 2.20 bits per heavy atom. The van der Waals surface area contributed by atoms with Crippen molar-refractivity contribution in [3.63, 3.8) is 0 Å². The average molecular weight is 213 g/mol. The van der Waals surface area contributed by atoms with Crippen molar-refractivity contribution in [2.24, 2.45) is 19.8 Å². The van der Waals surface area contributed by atoms with Gasteiger partial charge >= 0.3 is 11.7 Å². The first-order valence-corrected chi connectivity index (χ1v) is 4.63. The van der Waals surface area contributed by atoms with Gasteiger partial charge in [-0.15, -0.1) is 0 Å². The fourth-order valence-corrected chi connectivity index (χ4v) is 1.46. The lowest BCUT2D eigenvalue weighted by molar-refractivity contribution is -0.137. The van der Waals surface area contributed by atoms with Crippen LogP contribution >= 0.6 is 0 Å². The zero-order valence-corrected chi connectivity index (χ0v) is 8.80. The summed E-state index contributed by atoms with van der Waals surface area (Å²) in [4.78, 5) is 21.7. The number of hydrogen-bond acceptors (Lipinski definition) is 3. The number of hydrogen-bond donors (Lipinski definition) is 2. The summed E-state index contributed by atoms with van der Waals surface area (Å²) in [5.41, 5.74) is 6.29. The highest BCUT2D eigenvalue weighted by atomic mass is 16.4. The average Bonchev–Trinajstić information content (AvgIpc) is 2.42. The monoisotopic (exact) mass is 213 g/mol. The highest BCUT2D eigenvalue weighted by Gasteiger charge is 2.14. The van der Waals surface area contributed by atoms with E-state index in [0.717, 1.165) is 0 Å². The van der Waals surface area contributed by atoms with Gasteiger partial charge in [0.2, 0.25) is 0 Å². The zero-order chi connectivity index (χ0) is 11.6. The number of nitrogens with two attached hydrogens (primary N) is 1. The largest absolute Gasteiger partial charge is 0.481 e. The second-order valence-corrected chi connectivity index (χ2v) is 3.55. The number of aliphatic carboxylic acids is 1. The number of imidazole rings is 1. The Labute approximate surface area is 86.9 Å². The van der Waals surface area contributed by atoms with E-state index in [9.17, 15) is 9.59 Å². The van der Waals surface area contributed by atoms with Crippen LogP contribution in [0.15, 0.2) is 11.0 Å². The summed E-state index contributed by atoms with van der Waals surface area (Å²) in [6.07, 6.45) is 1.96. The van der Waals surface area contributed by atoms with Crippen LogP contribution in [0, 0.1) is 0 Å². The third-order valence-electron chi connectivity index (χ3n) is 2.35. The molecule has 0 aliphatic rings. The predicted octanol–water partition coefficient (Wildman–Crippen LogP) is -0.412.